The summed E-state index contributed by atoms with van der Waals surface area (Å²) >= 11 is 0. The fourth-order valence-electron chi connectivity index (χ4n) is 2.25. The van der Waals surface area contributed by atoms with Crippen LogP contribution in [0.2, 0.25) is 0 Å². The van der Waals surface area contributed by atoms with Gasteiger partial charge in [-0.2, -0.15) is 0 Å². The Morgan fingerprint density at radius 3 is 2.95 bits per heavy atom. The molecular weight excluding hydrogens is 264 g/mol. The van der Waals surface area contributed by atoms with Crippen molar-refractivity contribution in [3.8, 4) is 0 Å². The molecule has 2 aromatic rings. The minimum absolute atomic E-state index is 0.222. The zero-order chi connectivity index (χ0) is 15.1. The van der Waals surface area contributed by atoms with Gasteiger partial charge in [0.1, 0.15) is 0 Å². The number of hydrogen-bond acceptors (Lipinski definition) is 4. The zero-order valence-corrected chi connectivity index (χ0v) is 12.4. The lowest BCUT2D eigenvalue weighted by atomic mass is 10.1. The Hall–Kier alpha value is -1.98. The first-order chi connectivity index (χ1) is 10.2. The SMILES string of the molecule is COCCN(CCC(=N)N)Cc1ccc2ncccc2c1. The molecule has 0 atom stereocenters. The minimum Gasteiger partial charge on any atom is -0.388 e. The van der Waals surface area contributed by atoms with E-state index in [4.69, 9.17) is 15.9 Å². The van der Waals surface area contributed by atoms with Crippen molar-refractivity contribution >= 4 is 16.7 Å². The van der Waals surface area contributed by atoms with Crippen LogP contribution in [0, 0.1) is 5.41 Å². The second-order valence-corrected chi connectivity index (χ2v) is 5.07. The number of aromatic nitrogens is 1. The maximum absolute atomic E-state index is 7.36. The van der Waals surface area contributed by atoms with Crippen molar-refractivity contribution in [1.82, 2.24) is 9.88 Å². The average Bonchev–Trinajstić information content (AvgIpc) is 2.49. The first kappa shape index (κ1) is 15.4. The number of methoxy groups -OCH3 is 1. The molecule has 1 aromatic carbocycles. The summed E-state index contributed by atoms with van der Waals surface area (Å²) in [7, 11) is 1.70. The second kappa shape index (κ2) is 7.71. The lowest BCUT2D eigenvalue weighted by Gasteiger charge is -2.22. The second-order valence-electron chi connectivity index (χ2n) is 5.07. The van der Waals surface area contributed by atoms with Crippen LogP contribution in [0.3, 0.4) is 0 Å². The number of pyridine rings is 1. The molecule has 0 unspecified atom stereocenters. The summed E-state index contributed by atoms with van der Waals surface area (Å²) in [5.74, 6) is 0.222. The van der Waals surface area contributed by atoms with Crippen LogP contribution < -0.4 is 5.73 Å². The third kappa shape index (κ3) is 4.81. The first-order valence-corrected chi connectivity index (χ1v) is 7.07. The quantitative estimate of drug-likeness (QED) is 0.575. The molecule has 21 heavy (non-hydrogen) atoms. The van der Waals surface area contributed by atoms with E-state index in [9.17, 15) is 0 Å². The molecular formula is C16H22N4O. The van der Waals surface area contributed by atoms with Crippen molar-refractivity contribution in [2.75, 3.05) is 26.8 Å². The van der Waals surface area contributed by atoms with E-state index < -0.39 is 0 Å². The third-order valence-corrected chi connectivity index (χ3v) is 3.38. The Kier molecular flexibility index (Phi) is 5.66. The number of ether oxygens (including phenoxy) is 1. The summed E-state index contributed by atoms with van der Waals surface area (Å²) in [6, 6.07) is 10.3. The number of hydrogen-bond donors (Lipinski definition) is 2. The molecule has 0 fully saturated rings. The fraction of sp³-hybridized carbons (Fsp3) is 0.375. The topological polar surface area (TPSA) is 75.2 Å². The highest BCUT2D eigenvalue weighted by atomic mass is 16.5. The number of nitrogens with one attached hydrogen (secondary N) is 1. The molecule has 3 N–H and O–H groups in total. The Bertz CT molecular complexity index is 600. The molecule has 0 saturated carbocycles. The van der Waals surface area contributed by atoms with Gasteiger partial charge in [0.25, 0.3) is 0 Å². The molecule has 0 radical (unpaired) electrons. The predicted octanol–water partition coefficient (Wildman–Crippen LogP) is 2.01. The summed E-state index contributed by atoms with van der Waals surface area (Å²) in [6.07, 6.45) is 2.39. The molecule has 0 aliphatic carbocycles. The van der Waals surface area contributed by atoms with Crippen LogP contribution in [0.4, 0.5) is 0 Å². The van der Waals surface area contributed by atoms with Gasteiger partial charge in [-0.1, -0.05) is 12.1 Å². The van der Waals surface area contributed by atoms with E-state index >= 15 is 0 Å². The molecule has 1 aromatic heterocycles. The van der Waals surface area contributed by atoms with Gasteiger partial charge in [-0.25, -0.2) is 0 Å². The molecule has 2 rings (SSSR count). The molecule has 0 aliphatic rings. The number of nitrogens with zero attached hydrogens (tertiary/aromatic N) is 2. The molecule has 0 aliphatic heterocycles. The fourth-order valence-corrected chi connectivity index (χ4v) is 2.25. The van der Waals surface area contributed by atoms with Crippen LogP contribution in [0.25, 0.3) is 10.9 Å². The molecule has 0 amide bonds. The van der Waals surface area contributed by atoms with Gasteiger partial charge in [-0.15, -0.1) is 0 Å². The van der Waals surface area contributed by atoms with Crippen molar-refractivity contribution in [1.29, 1.82) is 5.41 Å². The number of rotatable bonds is 8. The monoisotopic (exact) mass is 286 g/mol. The molecule has 0 spiro atoms. The van der Waals surface area contributed by atoms with Gasteiger partial charge in [-0.05, 0) is 23.8 Å². The van der Waals surface area contributed by atoms with Crippen molar-refractivity contribution in [2.45, 2.75) is 13.0 Å². The summed E-state index contributed by atoms with van der Waals surface area (Å²) in [5.41, 5.74) is 7.69. The normalized spacial score (nSPS) is 11.1. The average molecular weight is 286 g/mol. The van der Waals surface area contributed by atoms with Gasteiger partial charge in [0.05, 0.1) is 18.0 Å². The Labute approximate surface area is 125 Å². The van der Waals surface area contributed by atoms with Crippen molar-refractivity contribution < 1.29 is 4.74 Å². The maximum Gasteiger partial charge on any atom is 0.0918 e. The van der Waals surface area contributed by atoms with Crippen LogP contribution in [0.15, 0.2) is 36.5 Å². The summed E-state index contributed by atoms with van der Waals surface area (Å²) in [4.78, 5) is 6.58. The highest BCUT2D eigenvalue weighted by Gasteiger charge is 2.07. The standard InChI is InChI=1S/C16H22N4O/c1-21-10-9-20(8-6-16(17)18)12-13-4-5-15-14(11-13)3-2-7-19-15/h2-5,7,11H,6,8-10,12H2,1H3,(H3,17,18). The van der Waals surface area contributed by atoms with Crippen molar-refractivity contribution in [2.24, 2.45) is 5.73 Å². The maximum atomic E-state index is 7.36. The summed E-state index contributed by atoms with van der Waals surface area (Å²) < 4.78 is 5.15. The Balaban J connectivity index is 2.07. The van der Waals surface area contributed by atoms with Crippen LogP contribution in [0.5, 0.6) is 0 Å². The van der Waals surface area contributed by atoms with Crippen LogP contribution in [0.1, 0.15) is 12.0 Å². The summed E-state index contributed by atoms with van der Waals surface area (Å²) in [5, 5.41) is 8.51. The van der Waals surface area contributed by atoms with E-state index in [1.165, 1.54) is 5.56 Å². The van der Waals surface area contributed by atoms with E-state index in [1.807, 2.05) is 12.1 Å². The van der Waals surface area contributed by atoms with E-state index in [0.717, 1.165) is 30.5 Å². The van der Waals surface area contributed by atoms with Gasteiger partial charge in [-0.3, -0.25) is 15.3 Å². The highest BCUT2D eigenvalue weighted by molar-refractivity contribution is 5.79. The van der Waals surface area contributed by atoms with E-state index in [1.54, 1.807) is 13.3 Å². The molecule has 5 heteroatoms. The number of amidine groups is 1. The Morgan fingerprint density at radius 2 is 2.19 bits per heavy atom. The molecule has 5 nitrogen and oxygen atoms in total. The van der Waals surface area contributed by atoms with E-state index in [0.29, 0.717) is 13.0 Å². The Morgan fingerprint density at radius 1 is 1.33 bits per heavy atom. The molecule has 0 saturated heterocycles. The van der Waals surface area contributed by atoms with E-state index in [2.05, 4.69) is 28.1 Å². The van der Waals surface area contributed by atoms with Crippen LogP contribution >= 0.6 is 0 Å². The van der Waals surface area contributed by atoms with Gasteiger partial charge in [0, 0.05) is 44.7 Å². The van der Waals surface area contributed by atoms with Gasteiger partial charge in [0.15, 0.2) is 0 Å². The lowest BCUT2D eigenvalue weighted by Crippen LogP contribution is -2.30. The van der Waals surface area contributed by atoms with Crippen molar-refractivity contribution in [3.63, 3.8) is 0 Å². The largest absolute Gasteiger partial charge is 0.388 e. The smallest absolute Gasteiger partial charge is 0.0918 e. The molecule has 112 valence electrons. The summed E-state index contributed by atoms with van der Waals surface area (Å²) in [6.45, 7) is 3.09. The van der Waals surface area contributed by atoms with Crippen LogP contribution in [-0.2, 0) is 11.3 Å². The lowest BCUT2D eigenvalue weighted by molar-refractivity contribution is 0.146. The molecule has 1 heterocycles. The van der Waals surface area contributed by atoms with Crippen LogP contribution in [-0.4, -0.2) is 42.5 Å². The molecule has 0 bridgehead atoms. The number of nitrogens with two attached hydrogens (primary N) is 1. The van der Waals surface area contributed by atoms with Gasteiger partial charge in [0.2, 0.25) is 0 Å². The minimum atomic E-state index is 0.222. The highest BCUT2D eigenvalue weighted by Crippen LogP contribution is 2.15. The predicted molar refractivity (Wildman–Crippen MR) is 85.4 cm³/mol. The first-order valence-electron chi connectivity index (χ1n) is 7.07. The van der Waals surface area contributed by atoms with Gasteiger partial charge >= 0.3 is 0 Å². The number of fused-ring (bicyclic) bond motifs is 1. The van der Waals surface area contributed by atoms with E-state index in [-0.39, 0.29) is 5.84 Å². The zero-order valence-electron chi connectivity index (χ0n) is 12.4. The number of benzene rings is 1. The van der Waals surface area contributed by atoms with Crippen molar-refractivity contribution in [3.05, 3.63) is 42.1 Å². The third-order valence-electron chi connectivity index (χ3n) is 3.38. The van der Waals surface area contributed by atoms with Gasteiger partial charge < -0.3 is 10.5 Å².